The van der Waals surface area contributed by atoms with Crippen molar-refractivity contribution in [1.82, 2.24) is 0 Å². The Morgan fingerprint density at radius 2 is 1.94 bits per heavy atom. The van der Waals surface area contributed by atoms with E-state index in [9.17, 15) is 4.79 Å². The number of hydrogen-bond acceptors (Lipinski definition) is 4. The largest absolute Gasteiger partial charge is 0.379 e. The summed E-state index contributed by atoms with van der Waals surface area (Å²) in [5, 5.41) is 0. The minimum atomic E-state index is -0.469. The van der Waals surface area contributed by atoms with E-state index in [-0.39, 0.29) is 6.61 Å². The van der Waals surface area contributed by atoms with Gasteiger partial charge in [0.25, 0.3) is 0 Å². The van der Waals surface area contributed by atoms with Gasteiger partial charge in [-0.3, -0.25) is 4.89 Å². The molecule has 1 aromatic rings. The number of rotatable bonds is 7. The maximum atomic E-state index is 11.7. The Kier molecular flexibility index (Phi) is 6.39. The zero-order valence-electron chi connectivity index (χ0n) is 11.2. The molecule has 100 valence electrons. The SMILES string of the molecule is CCCOCCOOC(=O)c1ccc(C)cc1C. The summed E-state index contributed by atoms with van der Waals surface area (Å²) in [6.45, 7) is 7.23. The van der Waals surface area contributed by atoms with Crippen molar-refractivity contribution >= 4 is 5.97 Å². The Labute approximate surface area is 108 Å². The molecule has 18 heavy (non-hydrogen) atoms. The summed E-state index contributed by atoms with van der Waals surface area (Å²) in [5.41, 5.74) is 2.51. The normalized spacial score (nSPS) is 10.4. The molecular weight excluding hydrogens is 232 g/mol. The molecule has 0 aliphatic heterocycles. The van der Waals surface area contributed by atoms with Gasteiger partial charge in [-0.15, -0.1) is 0 Å². The molecule has 0 radical (unpaired) electrons. The summed E-state index contributed by atoms with van der Waals surface area (Å²) < 4.78 is 5.19. The van der Waals surface area contributed by atoms with Crippen LogP contribution >= 0.6 is 0 Å². The first-order valence-electron chi connectivity index (χ1n) is 6.14. The van der Waals surface area contributed by atoms with Crippen LogP contribution in [0.3, 0.4) is 0 Å². The van der Waals surface area contributed by atoms with E-state index in [0.717, 1.165) is 17.5 Å². The molecule has 0 amide bonds. The van der Waals surface area contributed by atoms with Crippen molar-refractivity contribution in [2.45, 2.75) is 27.2 Å². The number of hydrogen-bond donors (Lipinski definition) is 0. The smallest absolute Gasteiger partial charge is 0.373 e. The Hall–Kier alpha value is -1.39. The van der Waals surface area contributed by atoms with Crippen LogP contribution in [0, 0.1) is 13.8 Å². The summed E-state index contributed by atoms with van der Waals surface area (Å²) in [4.78, 5) is 21.2. The molecular formula is C14H20O4. The molecule has 0 atom stereocenters. The Balaban J connectivity index is 2.32. The Morgan fingerprint density at radius 1 is 1.17 bits per heavy atom. The summed E-state index contributed by atoms with van der Waals surface area (Å²) in [5.74, 6) is -0.469. The first-order chi connectivity index (χ1) is 8.65. The van der Waals surface area contributed by atoms with E-state index in [4.69, 9.17) is 14.5 Å². The molecule has 0 saturated heterocycles. The summed E-state index contributed by atoms with van der Waals surface area (Å²) >= 11 is 0. The van der Waals surface area contributed by atoms with E-state index < -0.39 is 5.97 Å². The van der Waals surface area contributed by atoms with E-state index in [0.29, 0.717) is 18.8 Å². The lowest BCUT2D eigenvalue weighted by molar-refractivity contribution is -0.247. The quantitative estimate of drug-likeness (QED) is 0.425. The maximum absolute atomic E-state index is 11.7. The van der Waals surface area contributed by atoms with E-state index in [2.05, 4.69) is 0 Å². The third kappa shape index (κ3) is 4.85. The van der Waals surface area contributed by atoms with Gasteiger partial charge in [-0.05, 0) is 31.9 Å². The summed E-state index contributed by atoms with van der Waals surface area (Å²) in [6, 6.07) is 5.54. The first-order valence-corrected chi connectivity index (χ1v) is 6.14. The maximum Gasteiger partial charge on any atom is 0.373 e. The van der Waals surface area contributed by atoms with Crippen LogP contribution in [0.25, 0.3) is 0 Å². The second-order valence-corrected chi connectivity index (χ2v) is 4.12. The highest BCUT2D eigenvalue weighted by atomic mass is 17.2. The zero-order chi connectivity index (χ0) is 13.4. The van der Waals surface area contributed by atoms with Gasteiger partial charge in [0.15, 0.2) is 0 Å². The minimum Gasteiger partial charge on any atom is -0.379 e. The minimum absolute atomic E-state index is 0.247. The van der Waals surface area contributed by atoms with Gasteiger partial charge in [0, 0.05) is 6.61 Å². The number of carbonyl (C=O) groups excluding carboxylic acids is 1. The molecule has 0 heterocycles. The van der Waals surface area contributed by atoms with Crippen LogP contribution in [0.5, 0.6) is 0 Å². The molecule has 1 rings (SSSR count). The second-order valence-electron chi connectivity index (χ2n) is 4.12. The molecule has 1 aromatic carbocycles. The van der Waals surface area contributed by atoms with Crippen molar-refractivity contribution in [1.29, 1.82) is 0 Å². The molecule has 0 spiro atoms. The van der Waals surface area contributed by atoms with Crippen LogP contribution in [0.2, 0.25) is 0 Å². The monoisotopic (exact) mass is 252 g/mol. The van der Waals surface area contributed by atoms with Gasteiger partial charge in [-0.2, -0.15) is 4.89 Å². The predicted molar refractivity (Wildman–Crippen MR) is 68.4 cm³/mol. The molecule has 0 N–H and O–H groups in total. The van der Waals surface area contributed by atoms with Gasteiger partial charge in [0.1, 0.15) is 6.61 Å². The third-order valence-corrected chi connectivity index (χ3v) is 2.40. The molecule has 4 heteroatoms. The van der Waals surface area contributed by atoms with Crippen molar-refractivity contribution in [2.24, 2.45) is 0 Å². The fourth-order valence-corrected chi connectivity index (χ4v) is 1.52. The van der Waals surface area contributed by atoms with Gasteiger partial charge < -0.3 is 4.74 Å². The average Bonchev–Trinajstić information content (AvgIpc) is 2.33. The molecule has 0 saturated carbocycles. The fraction of sp³-hybridized carbons (Fsp3) is 0.500. The Bertz CT molecular complexity index is 387. The Morgan fingerprint density at radius 3 is 2.61 bits per heavy atom. The van der Waals surface area contributed by atoms with Crippen molar-refractivity contribution in [3.05, 3.63) is 34.9 Å². The summed E-state index contributed by atoms with van der Waals surface area (Å²) in [7, 11) is 0. The highest BCUT2D eigenvalue weighted by molar-refractivity contribution is 5.90. The van der Waals surface area contributed by atoms with Crippen LogP contribution in [-0.4, -0.2) is 25.8 Å². The van der Waals surface area contributed by atoms with E-state index >= 15 is 0 Å². The molecule has 0 unspecified atom stereocenters. The van der Waals surface area contributed by atoms with Gasteiger partial charge in [-0.1, -0.05) is 24.6 Å². The lowest BCUT2D eigenvalue weighted by Crippen LogP contribution is -2.11. The number of carbonyl (C=O) groups is 1. The number of benzene rings is 1. The summed E-state index contributed by atoms with van der Waals surface area (Å²) in [6.07, 6.45) is 0.961. The predicted octanol–water partition coefficient (Wildman–Crippen LogP) is 2.82. The van der Waals surface area contributed by atoms with Crippen LogP contribution in [0.15, 0.2) is 18.2 Å². The molecule has 0 fully saturated rings. The lowest BCUT2D eigenvalue weighted by atomic mass is 10.1. The molecule has 0 aromatic heterocycles. The zero-order valence-corrected chi connectivity index (χ0v) is 11.2. The highest BCUT2D eigenvalue weighted by Gasteiger charge is 2.11. The van der Waals surface area contributed by atoms with Crippen molar-refractivity contribution < 1.29 is 19.3 Å². The second kappa shape index (κ2) is 7.84. The highest BCUT2D eigenvalue weighted by Crippen LogP contribution is 2.11. The number of ether oxygens (including phenoxy) is 1. The van der Waals surface area contributed by atoms with Gasteiger partial charge in [-0.25, -0.2) is 4.79 Å². The van der Waals surface area contributed by atoms with Crippen molar-refractivity contribution in [3.63, 3.8) is 0 Å². The van der Waals surface area contributed by atoms with Gasteiger partial charge in [0.05, 0.1) is 12.2 Å². The van der Waals surface area contributed by atoms with Crippen LogP contribution in [0.4, 0.5) is 0 Å². The average molecular weight is 252 g/mol. The fourth-order valence-electron chi connectivity index (χ4n) is 1.52. The van der Waals surface area contributed by atoms with Gasteiger partial charge in [0.2, 0.25) is 0 Å². The van der Waals surface area contributed by atoms with Gasteiger partial charge >= 0.3 is 5.97 Å². The topological polar surface area (TPSA) is 44.8 Å². The van der Waals surface area contributed by atoms with Crippen LogP contribution in [0.1, 0.15) is 34.8 Å². The molecule has 0 aliphatic carbocycles. The van der Waals surface area contributed by atoms with Crippen molar-refractivity contribution in [3.8, 4) is 0 Å². The van der Waals surface area contributed by atoms with E-state index in [1.807, 2.05) is 32.9 Å². The molecule has 0 aliphatic rings. The lowest BCUT2D eigenvalue weighted by Gasteiger charge is -2.06. The standard InChI is InChI=1S/C14H20O4/c1-4-7-16-8-9-17-18-14(15)13-6-5-11(2)10-12(13)3/h5-6,10H,4,7-9H2,1-3H3. The first kappa shape index (κ1) is 14.7. The third-order valence-electron chi connectivity index (χ3n) is 2.40. The van der Waals surface area contributed by atoms with Crippen LogP contribution < -0.4 is 0 Å². The molecule has 4 nitrogen and oxygen atoms in total. The van der Waals surface area contributed by atoms with E-state index in [1.54, 1.807) is 6.07 Å². The number of aryl methyl sites for hydroxylation is 2. The van der Waals surface area contributed by atoms with Crippen molar-refractivity contribution in [2.75, 3.05) is 19.8 Å². The van der Waals surface area contributed by atoms with E-state index in [1.165, 1.54) is 0 Å². The van der Waals surface area contributed by atoms with Crippen LogP contribution in [-0.2, 0) is 14.5 Å². The molecule has 0 bridgehead atoms.